The predicted octanol–water partition coefficient (Wildman–Crippen LogP) is 4.73. The highest BCUT2D eigenvalue weighted by Crippen LogP contribution is 2.25. The summed E-state index contributed by atoms with van der Waals surface area (Å²) in [4.78, 5) is 27.6. The molecule has 0 spiro atoms. The van der Waals surface area contributed by atoms with Crippen molar-refractivity contribution in [3.8, 4) is 5.75 Å². The minimum atomic E-state index is -0.644. The number of rotatable bonds is 6. The molecule has 30 heavy (non-hydrogen) atoms. The predicted molar refractivity (Wildman–Crippen MR) is 112 cm³/mol. The number of carbonyl (C=O) groups excluding carboxylic acids is 1. The van der Waals surface area contributed by atoms with E-state index in [9.17, 15) is 14.9 Å². The van der Waals surface area contributed by atoms with Gasteiger partial charge in [-0.2, -0.15) is 0 Å². The number of ether oxygens (including phenoxy) is 1. The number of benzene rings is 2. The molecule has 0 bridgehead atoms. The van der Waals surface area contributed by atoms with E-state index >= 15 is 0 Å². The topological polar surface area (TPSA) is 98.8 Å². The van der Waals surface area contributed by atoms with Crippen LogP contribution in [0.5, 0.6) is 5.75 Å². The first-order valence-corrected chi connectivity index (χ1v) is 9.28. The molecule has 2 aromatic heterocycles. The van der Waals surface area contributed by atoms with Crippen molar-refractivity contribution < 1.29 is 14.5 Å². The van der Waals surface area contributed by atoms with Gasteiger partial charge in [-0.1, -0.05) is 23.7 Å². The Kier molecular flexibility index (Phi) is 5.32. The van der Waals surface area contributed by atoms with Crippen LogP contribution in [-0.2, 0) is 6.61 Å². The van der Waals surface area contributed by atoms with Crippen LogP contribution in [0.2, 0.25) is 5.02 Å². The van der Waals surface area contributed by atoms with Gasteiger partial charge in [0, 0.05) is 35.2 Å². The van der Waals surface area contributed by atoms with Gasteiger partial charge in [-0.05, 0) is 36.4 Å². The summed E-state index contributed by atoms with van der Waals surface area (Å²) in [7, 11) is 0. The number of amides is 1. The molecule has 2 aromatic carbocycles. The summed E-state index contributed by atoms with van der Waals surface area (Å²) in [6.45, 7) is 0.252. The van der Waals surface area contributed by atoms with Crippen LogP contribution in [0.25, 0.3) is 5.65 Å². The first-order valence-electron chi connectivity index (χ1n) is 8.90. The standard InChI is InChI=1S/C21H15ClN4O4/c22-14-7-8-18(19(10-14)26(28)29)21(27)24-15-4-3-5-17(11-15)30-13-16-12-25-9-2-1-6-20(25)23-16/h1-12H,13H2,(H,24,27). The molecule has 0 fully saturated rings. The minimum Gasteiger partial charge on any atom is -0.487 e. The summed E-state index contributed by atoms with van der Waals surface area (Å²) in [5.41, 5.74) is 1.57. The van der Waals surface area contributed by atoms with Crippen LogP contribution < -0.4 is 10.1 Å². The lowest BCUT2D eigenvalue weighted by Gasteiger charge is -2.09. The quantitative estimate of drug-likeness (QED) is 0.358. The van der Waals surface area contributed by atoms with E-state index < -0.39 is 10.8 Å². The lowest BCUT2D eigenvalue weighted by Crippen LogP contribution is -2.14. The van der Waals surface area contributed by atoms with Crippen LogP contribution in [0.4, 0.5) is 11.4 Å². The van der Waals surface area contributed by atoms with E-state index in [4.69, 9.17) is 16.3 Å². The molecular weight excluding hydrogens is 408 g/mol. The Morgan fingerprint density at radius 2 is 2.03 bits per heavy atom. The molecule has 9 heteroatoms. The fourth-order valence-corrected chi connectivity index (χ4v) is 3.09. The zero-order chi connectivity index (χ0) is 21.1. The van der Waals surface area contributed by atoms with Crippen molar-refractivity contribution in [2.45, 2.75) is 6.61 Å². The van der Waals surface area contributed by atoms with Crippen LogP contribution in [0.1, 0.15) is 16.1 Å². The first-order chi connectivity index (χ1) is 14.5. The number of anilines is 1. The maximum Gasteiger partial charge on any atom is 0.283 e. The van der Waals surface area contributed by atoms with Crippen molar-refractivity contribution in [3.63, 3.8) is 0 Å². The molecule has 1 amide bonds. The van der Waals surface area contributed by atoms with Crippen molar-refractivity contribution in [2.75, 3.05) is 5.32 Å². The van der Waals surface area contributed by atoms with Crippen molar-refractivity contribution in [3.05, 3.63) is 99.5 Å². The molecule has 0 unspecified atom stereocenters. The third-order valence-electron chi connectivity index (χ3n) is 4.29. The summed E-state index contributed by atoms with van der Waals surface area (Å²) in [6, 6.07) is 16.4. The maximum atomic E-state index is 12.5. The number of nitro groups is 1. The molecule has 4 rings (SSSR count). The molecule has 0 aliphatic rings. The van der Waals surface area contributed by atoms with E-state index in [-0.39, 0.29) is 22.9 Å². The van der Waals surface area contributed by atoms with Crippen molar-refractivity contribution >= 4 is 34.5 Å². The van der Waals surface area contributed by atoms with Crippen molar-refractivity contribution in [1.29, 1.82) is 0 Å². The normalized spacial score (nSPS) is 10.7. The molecule has 1 N–H and O–H groups in total. The van der Waals surface area contributed by atoms with E-state index in [0.717, 1.165) is 17.4 Å². The monoisotopic (exact) mass is 422 g/mol. The molecule has 0 radical (unpaired) electrons. The van der Waals surface area contributed by atoms with Gasteiger partial charge in [0.15, 0.2) is 0 Å². The van der Waals surface area contributed by atoms with Crippen LogP contribution in [0, 0.1) is 10.1 Å². The summed E-state index contributed by atoms with van der Waals surface area (Å²) >= 11 is 5.80. The van der Waals surface area contributed by atoms with E-state index in [1.807, 2.05) is 35.0 Å². The number of halogens is 1. The molecule has 4 aromatic rings. The molecule has 2 heterocycles. The molecule has 0 aliphatic carbocycles. The lowest BCUT2D eigenvalue weighted by atomic mass is 10.1. The van der Waals surface area contributed by atoms with Gasteiger partial charge in [0.1, 0.15) is 23.6 Å². The number of imidazole rings is 1. The zero-order valence-electron chi connectivity index (χ0n) is 15.5. The fraction of sp³-hybridized carbons (Fsp3) is 0.0476. The van der Waals surface area contributed by atoms with Gasteiger partial charge in [-0.25, -0.2) is 4.98 Å². The van der Waals surface area contributed by atoms with E-state index in [1.54, 1.807) is 24.3 Å². The number of nitrogens with one attached hydrogen (secondary N) is 1. The number of hydrogen-bond acceptors (Lipinski definition) is 5. The van der Waals surface area contributed by atoms with Gasteiger partial charge in [-0.3, -0.25) is 14.9 Å². The Bertz CT molecular complexity index is 1220. The van der Waals surface area contributed by atoms with Crippen LogP contribution in [0.15, 0.2) is 73.1 Å². The van der Waals surface area contributed by atoms with Crippen LogP contribution in [-0.4, -0.2) is 20.2 Å². The summed E-state index contributed by atoms with van der Waals surface area (Å²) in [6.07, 6.45) is 3.78. The number of aromatic nitrogens is 2. The smallest absolute Gasteiger partial charge is 0.283 e. The number of hydrogen-bond donors (Lipinski definition) is 1. The highest BCUT2D eigenvalue weighted by Gasteiger charge is 2.20. The highest BCUT2D eigenvalue weighted by atomic mass is 35.5. The number of carbonyl (C=O) groups is 1. The van der Waals surface area contributed by atoms with Gasteiger partial charge in [-0.15, -0.1) is 0 Å². The second-order valence-electron chi connectivity index (χ2n) is 6.39. The molecular formula is C21H15ClN4O4. The van der Waals surface area contributed by atoms with Crippen molar-refractivity contribution in [2.24, 2.45) is 0 Å². The summed E-state index contributed by atoms with van der Waals surface area (Å²) < 4.78 is 7.67. The second kappa shape index (κ2) is 8.22. The fourth-order valence-electron chi connectivity index (χ4n) is 2.92. The average Bonchev–Trinajstić information content (AvgIpc) is 3.15. The Labute approximate surface area is 175 Å². The summed E-state index contributed by atoms with van der Waals surface area (Å²) in [5.74, 6) is -0.0914. The second-order valence-corrected chi connectivity index (χ2v) is 6.82. The van der Waals surface area contributed by atoms with Gasteiger partial charge in [0.05, 0.1) is 10.6 Å². The van der Waals surface area contributed by atoms with Gasteiger partial charge in [0.25, 0.3) is 11.6 Å². The van der Waals surface area contributed by atoms with E-state index in [2.05, 4.69) is 10.3 Å². The van der Waals surface area contributed by atoms with Gasteiger partial charge >= 0.3 is 0 Å². The number of nitrogens with zero attached hydrogens (tertiary/aromatic N) is 3. The molecule has 0 aliphatic heterocycles. The molecule has 0 saturated heterocycles. The van der Waals surface area contributed by atoms with Gasteiger partial charge in [0.2, 0.25) is 0 Å². The average molecular weight is 423 g/mol. The van der Waals surface area contributed by atoms with Crippen molar-refractivity contribution in [1.82, 2.24) is 9.38 Å². The lowest BCUT2D eigenvalue weighted by molar-refractivity contribution is -0.385. The SMILES string of the molecule is O=C(Nc1cccc(OCc2cn3ccccc3n2)c1)c1ccc(Cl)cc1[N+](=O)[O-]. The maximum absolute atomic E-state index is 12.5. The number of fused-ring (bicyclic) bond motifs is 1. The van der Waals surface area contributed by atoms with Crippen LogP contribution in [0.3, 0.4) is 0 Å². The number of nitro benzene ring substituents is 1. The molecule has 150 valence electrons. The Balaban J connectivity index is 1.47. The third kappa shape index (κ3) is 4.23. The first kappa shape index (κ1) is 19.4. The highest BCUT2D eigenvalue weighted by molar-refractivity contribution is 6.31. The van der Waals surface area contributed by atoms with Gasteiger partial charge < -0.3 is 14.5 Å². The Morgan fingerprint density at radius 1 is 1.17 bits per heavy atom. The Morgan fingerprint density at radius 3 is 2.83 bits per heavy atom. The largest absolute Gasteiger partial charge is 0.487 e. The molecule has 0 saturated carbocycles. The van der Waals surface area contributed by atoms with E-state index in [0.29, 0.717) is 11.4 Å². The zero-order valence-corrected chi connectivity index (χ0v) is 16.2. The van der Waals surface area contributed by atoms with Crippen LogP contribution >= 0.6 is 11.6 Å². The molecule has 8 nitrogen and oxygen atoms in total. The van der Waals surface area contributed by atoms with E-state index in [1.165, 1.54) is 12.1 Å². The molecule has 0 atom stereocenters. The number of pyridine rings is 1. The third-order valence-corrected chi connectivity index (χ3v) is 4.53. The minimum absolute atomic E-state index is 0.0829. The Hall–Kier alpha value is -3.91. The summed E-state index contributed by atoms with van der Waals surface area (Å²) in [5, 5.41) is 14.0.